The van der Waals surface area contributed by atoms with E-state index in [1.54, 1.807) is 39.0 Å². The Morgan fingerprint density at radius 2 is 1.72 bits per heavy atom. The van der Waals surface area contributed by atoms with Gasteiger partial charge in [0.15, 0.2) is 11.5 Å². The Hall–Kier alpha value is -2.44. The van der Waals surface area contributed by atoms with Gasteiger partial charge >= 0.3 is 6.09 Å². The predicted octanol–water partition coefficient (Wildman–Crippen LogP) is 2.74. The second-order valence-corrected chi connectivity index (χ2v) is 6.72. The van der Waals surface area contributed by atoms with Crippen molar-refractivity contribution in [3.8, 4) is 11.5 Å². The van der Waals surface area contributed by atoms with Crippen LogP contribution in [0.5, 0.6) is 11.5 Å². The summed E-state index contributed by atoms with van der Waals surface area (Å²) in [5.74, 6) is 0.814. The number of rotatable bonds is 7. The minimum atomic E-state index is -0.552. The van der Waals surface area contributed by atoms with E-state index < -0.39 is 11.7 Å². The minimum absolute atomic E-state index is 0.00695. The molecule has 0 unspecified atom stereocenters. The lowest BCUT2D eigenvalue weighted by Gasteiger charge is -2.19. The van der Waals surface area contributed by atoms with E-state index >= 15 is 0 Å². The number of carbonyl (C=O) groups is 2. The van der Waals surface area contributed by atoms with Gasteiger partial charge < -0.3 is 24.8 Å². The van der Waals surface area contributed by atoms with E-state index in [4.69, 9.17) is 14.2 Å². The molecule has 2 N–H and O–H groups in total. The summed E-state index contributed by atoms with van der Waals surface area (Å²) in [4.78, 5) is 23.7. The summed E-state index contributed by atoms with van der Waals surface area (Å²) in [6, 6.07) is 4.98. The van der Waals surface area contributed by atoms with Gasteiger partial charge in [0.2, 0.25) is 0 Å². The van der Waals surface area contributed by atoms with Crippen molar-refractivity contribution in [2.45, 2.75) is 46.3 Å². The fourth-order valence-electron chi connectivity index (χ4n) is 1.92. The van der Waals surface area contributed by atoms with Crippen LogP contribution in [-0.4, -0.2) is 43.9 Å². The lowest BCUT2D eigenvalue weighted by atomic mass is 10.2. The highest BCUT2D eigenvalue weighted by Crippen LogP contribution is 2.28. The van der Waals surface area contributed by atoms with Crippen LogP contribution in [0.4, 0.5) is 4.79 Å². The smallest absolute Gasteiger partial charge is 0.407 e. The van der Waals surface area contributed by atoms with E-state index in [-0.39, 0.29) is 25.1 Å². The fraction of sp³-hybridized carbons (Fsp3) is 0.556. The summed E-state index contributed by atoms with van der Waals surface area (Å²) in [6.07, 6.45) is -0.508. The summed E-state index contributed by atoms with van der Waals surface area (Å²) in [5, 5.41) is 5.30. The largest absolute Gasteiger partial charge is 0.493 e. The topological polar surface area (TPSA) is 85.9 Å². The highest BCUT2D eigenvalue weighted by atomic mass is 16.6. The quantitative estimate of drug-likeness (QED) is 0.737. The molecule has 0 aromatic heterocycles. The third kappa shape index (κ3) is 7.78. The molecule has 0 bridgehead atoms. The van der Waals surface area contributed by atoms with Gasteiger partial charge in [0.25, 0.3) is 5.91 Å². The highest BCUT2D eigenvalue weighted by Gasteiger charge is 2.16. The van der Waals surface area contributed by atoms with Crippen molar-refractivity contribution in [2.24, 2.45) is 0 Å². The Morgan fingerprint density at radius 3 is 2.28 bits per heavy atom. The molecular formula is C18H28N2O5. The zero-order valence-electron chi connectivity index (χ0n) is 15.8. The second-order valence-electron chi connectivity index (χ2n) is 6.72. The number of hydrogen-bond donors (Lipinski definition) is 2. The summed E-state index contributed by atoms with van der Waals surface area (Å²) < 4.78 is 16.0. The maximum absolute atomic E-state index is 12.2. The Labute approximate surface area is 149 Å². The van der Waals surface area contributed by atoms with Crippen molar-refractivity contribution < 1.29 is 23.8 Å². The third-order valence-electron chi connectivity index (χ3n) is 2.87. The molecule has 2 amide bonds. The van der Waals surface area contributed by atoms with Crippen molar-refractivity contribution in [1.29, 1.82) is 0 Å². The van der Waals surface area contributed by atoms with Gasteiger partial charge in [-0.2, -0.15) is 0 Å². The zero-order valence-corrected chi connectivity index (χ0v) is 15.8. The first-order valence-corrected chi connectivity index (χ1v) is 8.22. The van der Waals surface area contributed by atoms with Gasteiger partial charge in [0, 0.05) is 18.7 Å². The summed E-state index contributed by atoms with van der Waals surface area (Å²) in [5.41, 5.74) is -0.103. The highest BCUT2D eigenvalue weighted by molar-refractivity contribution is 5.94. The molecule has 0 fully saturated rings. The fourth-order valence-corrected chi connectivity index (χ4v) is 1.92. The molecule has 0 saturated carbocycles. The van der Waals surface area contributed by atoms with Crippen LogP contribution in [0.3, 0.4) is 0 Å². The van der Waals surface area contributed by atoms with Gasteiger partial charge in [-0.3, -0.25) is 4.79 Å². The molecule has 0 atom stereocenters. The van der Waals surface area contributed by atoms with Crippen LogP contribution < -0.4 is 20.1 Å². The number of ether oxygens (including phenoxy) is 3. The normalized spacial score (nSPS) is 11.0. The van der Waals surface area contributed by atoms with E-state index in [1.165, 1.54) is 7.11 Å². The van der Waals surface area contributed by atoms with E-state index in [2.05, 4.69) is 10.6 Å². The Bertz CT molecular complexity index is 594. The standard InChI is InChI=1S/C18H28N2O5/c1-12(2)24-14-8-7-13(11-15(14)23-6)16(21)19-9-10-20-17(22)25-18(3,4)5/h7-8,11-12H,9-10H2,1-6H3,(H,19,21)(H,20,22). The monoisotopic (exact) mass is 352 g/mol. The van der Waals surface area contributed by atoms with Gasteiger partial charge in [0.05, 0.1) is 13.2 Å². The van der Waals surface area contributed by atoms with Crippen molar-refractivity contribution in [3.05, 3.63) is 23.8 Å². The molecule has 0 saturated heterocycles. The summed E-state index contributed by atoms with van der Waals surface area (Å²) in [7, 11) is 1.52. The number of nitrogens with one attached hydrogen (secondary N) is 2. The van der Waals surface area contributed by atoms with Crippen LogP contribution in [0.1, 0.15) is 45.0 Å². The molecule has 0 radical (unpaired) electrons. The summed E-state index contributed by atoms with van der Waals surface area (Å²) in [6.45, 7) is 9.74. The Morgan fingerprint density at radius 1 is 1.08 bits per heavy atom. The first-order valence-electron chi connectivity index (χ1n) is 8.22. The third-order valence-corrected chi connectivity index (χ3v) is 2.87. The number of benzene rings is 1. The second kappa shape index (κ2) is 9.15. The predicted molar refractivity (Wildman–Crippen MR) is 95.3 cm³/mol. The Balaban J connectivity index is 2.51. The van der Waals surface area contributed by atoms with Gasteiger partial charge in [-0.05, 0) is 52.8 Å². The number of methoxy groups -OCH3 is 1. The molecule has 7 nitrogen and oxygen atoms in total. The lowest BCUT2D eigenvalue weighted by Crippen LogP contribution is -2.37. The average molecular weight is 352 g/mol. The van der Waals surface area contributed by atoms with E-state index in [0.717, 1.165) is 0 Å². The van der Waals surface area contributed by atoms with Crippen LogP contribution in [0, 0.1) is 0 Å². The van der Waals surface area contributed by atoms with Crippen LogP contribution >= 0.6 is 0 Å². The molecule has 1 aromatic carbocycles. The molecule has 0 heterocycles. The van der Waals surface area contributed by atoms with Crippen molar-refractivity contribution in [2.75, 3.05) is 20.2 Å². The van der Waals surface area contributed by atoms with Gasteiger partial charge in [-0.1, -0.05) is 0 Å². The molecule has 7 heteroatoms. The molecule has 140 valence electrons. The van der Waals surface area contributed by atoms with Crippen LogP contribution in [0.25, 0.3) is 0 Å². The zero-order chi connectivity index (χ0) is 19.0. The van der Waals surface area contributed by atoms with Crippen molar-refractivity contribution >= 4 is 12.0 Å². The number of hydrogen-bond acceptors (Lipinski definition) is 5. The first-order chi connectivity index (χ1) is 11.6. The maximum atomic E-state index is 12.2. The number of amides is 2. The first kappa shape index (κ1) is 20.6. The molecular weight excluding hydrogens is 324 g/mol. The SMILES string of the molecule is COc1cc(C(=O)NCCNC(=O)OC(C)(C)C)ccc1OC(C)C. The maximum Gasteiger partial charge on any atom is 0.407 e. The minimum Gasteiger partial charge on any atom is -0.493 e. The van der Waals surface area contributed by atoms with Crippen molar-refractivity contribution in [3.63, 3.8) is 0 Å². The van der Waals surface area contributed by atoms with Crippen molar-refractivity contribution in [1.82, 2.24) is 10.6 Å². The molecule has 1 aromatic rings. The lowest BCUT2D eigenvalue weighted by molar-refractivity contribution is 0.0526. The molecule has 0 aliphatic rings. The number of carbonyl (C=O) groups excluding carboxylic acids is 2. The molecule has 25 heavy (non-hydrogen) atoms. The van der Waals surface area contributed by atoms with Crippen LogP contribution in [-0.2, 0) is 4.74 Å². The molecule has 0 aliphatic heterocycles. The summed E-state index contributed by atoms with van der Waals surface area (Å²) >= 11 is 0. The number of alkyl carbamates (subject to hydrolysis) is 1. The van der Waals surface area contributed by atoms with Gasteiger partial charge in [-0.15, -0.1) is 0 Å². The van der Waals surface area contributed by atoms with Crippen LogP contribution in [0.15, 0.2) is 18.2 Å². The van der Waals surface area contributed by atoms with E-state index in [1.807, 2.05) is 13.8 Å². The van der Waals surface area contributed by atoms with Gasteiger partial charge in [0.1, 0.15) is 5.60 Å². The molecule has 1 rings (SSSR count). The molecule has 0 spiro atoms. The van der Waals surface area contributed by atoms with E-state index in [0.29, 0.717) is 17.1 Å². The van der Waals surface area contributed by atoms with Crippen LogP contribution in [0.2, 0.25) is 0 Å². The Kier molecular flexibility index (Phi) is 7.54. The molecule has 0 aliphatic carbocycles. The van der Waals surface area contributed by atoms with Gasteiger partial charge in [-0.25, -0.2) is 4.79 Å². The van der Waals surface area contributed by atoms with E-state index in [9.17, 15) is 9.59 Å². The average Bonchev–Trinajstić information content (AvgIpc) is 2.49.